The standard InChI is InChI=1S/C26H21Cl2FN8S/c1-13(2)37-11-21(35-36-37)25(26-14(3)32-12-38-26)33-16-7-17-23(34-20-6-4-5-18(27)22(20)29)15(9-30)10-31-24(17)19(28)8-16/h4-8,10-13,25,33H,1-3H3,(H,31,34)/t25-/m1/s1. The Morgan fingerprint density at radius 2 is 1.97 bits per heavy atom. The number of rotatable bonds is 7. The Morgan fingerprint density at radius 3 is 2.66 bits per heavy atom. The lowest BCUT2D eigenvalue weighted by Crippen LogP contribution is -2.13. The molecule has 38 heavy (non-hydrogen) atoms. The molecule has 12 heteroatoms. The third-order valence-corrected chi connectivity index (χ3v) is 7.54. The van der Waals surface area contributed by atoms with E-state index >= 15 is 0 Å². The minimum Gasteiger partial charge on any atom is -0.372 e. The van der Waals surface area contributed by atoms with Gasteiger partial charge in [0, 0.05) is 23.3 Å². The average molecular weight is 567 g/mol. The van der Waals surface area contributed by atoms with E-state index in [4.69, 9.17) is 23.2 Å². The number of halogens is 3. The van der Waals surface area contributed by atoms with Gasteiger partial charge in [0.05, 0.1) is 54.8 Å². The maximum atomic E-state index is 14.7. The van der Waals surface area contributed by atoms with Crippen molar-refractivity contribution in [1.29, 1.82) is 5.26 Å². The van der Waals surface area contributed by atoms with Crippen molar-refractivity contribution >= 4 is 62.5 Å². The summed E-state index contributed by atoms with van der Waals surface area (Å²) in [6, 6.07) is 10.1. The molecule has 5 rings (SSSR count). The molecule has 0 spiro atoms. The van der Waals surface area contributed by atoms with Gasteiger partial charge in [0.2, 0.25) is 0 Å². The number of nitrogens with zero attached hydrogens (tertiary/aromatic N) is 6. The van der Waals surface area contributed by atoms with Crippen molar-refractivity contribution in [3.05, 3.63) is 85.9 Å². The number of hydrogen-bond acceptors (Lipinski definition) is 8. The van der Waals surface area contributed by atoms with Gasteiger partial charge in [-0.3, -0.25) is 4.98 Å². The van der Waals surface area contributed by atoms with Gasteiger partial charge < -0.3 is 10.6 Å². The number of fused-ring (bicyclic) bond motifs is 1. The fourth-order valence-electron chi connectivity index (χ4n) is 4.00. The number of aryl methyl sites for hydroxylation is 1. The van der Waals surface area contributed by atoms with Crippen LogP contribution in [0.1, 0.15) is 47.8 Å². The van der Waals surface area contributed by atoms with Crippen LogP contribution in [0.25, 0.3) is 10.9 Å². The molecule has 2 N–H and O–H groups in total. The van der Waals surface area contributed by atoms with E-state index < -0.39 is 5.82 Å². The van der Waals surface area contributed by atoms with Crippen molar-refractivity contribution in [3.63, 3.8) is 0 Å². The van der Waals surface area contributed by atoms with Crippen molar-refractivity contribution < 1.29 is 4.39 Å². The van der Waals surface area contributed by atoms with Gasteiger partial charge in [-0.25, -0.2) is 14.1 Å². The van der Waals surface area contributed by atoms with Gasteiger partial charge in [-0.1, -0.05) is 34.5 Å². The number of hydrogen-bond donors (Lipinski definition) is 2. The van der Waals surface area contributed by atoms with Crippen LogP contribution in [0.5, 0.6) is 0 Å². The fraction of sp³-hybridized carbons (Fsp3) is 0.192. The normalized spacial score (nSPS) is 12.1. The number of pyridine rings is 1. The first-order valence-electron chi connectivity index (χ1n) is 11.6. The van der Waals surface area contributed by atoms with Crippen LogP contribution in [-0.2, 0) is 0 Å². The van der Waals surface area contributed by atoms with E-state index in [0.29, 0.717) is 33.0 Å². The maximum Gasteiger partial charge on any atom is 0.165 e. The predicted octanol–water partition coefficient (Wildman–Crippen LogP) is 7.43. The molecule has 5 aromatic rings. The van der Waals surface area contributed by atoms with Crippen LogP contribution < -0.4 is 10.6 Å². The van der Waals surface area contributed by atoms with Crippen molar-refractivity contribution in [1.82, 2.24) is 25.0 Å². The Balaban J connectivity index is 1.63. The van der Waals surface area contributed by atoms with Gasteiger partial charge in [0.15, 0.2) is 5.82 Å². The molecular formula is C26H21Cl2FN8S. The second-order valence-electron chi connectivity index (χ2n) is 8.84. The first-order chi connectivity index (χ1) is 18.3. The molecule has 0 bridgehead atoms. The summed E-state index contributed by atoms with van der Waals surface area (Å²) in [7, 11) is 0. The van der Waals surface area contributed by atoms with Crippen LogP contribution in [0.15, 0.2) is 48.2 Å². The highest BCUT2D eigenvalue weighted by molar-refractivity contribution is 7.09. The van der Waals surface area contributed by atoms with Crippen LogP contribution in [0.4, 0.5) is 21.5 Å². The van der Waals surface area contributed by atoms with Gasteiger partial charge in [0.25, 0.3) is 0 Å². The first kappa shape index (κ1) is 25.9. The summed E-state index contributed by atoms with van der Waals surface area (Å²) < 4.78 is 16.5. The highest BCUT2D eigenvalue weighted by Crippen LogP contribution is 2.38. The summed E-state index contributed by atoms with van der Waals surface area (Å²) in [4.78, 5) is 9.76. The van der Waals surface area contributed by atoms with Crippen molar-refractivity contribution in [2.45, 2.75) is 32.9 Å². The molecule has 2 aromatic carbocycles. The molecule has 0 unspecified atom stereocenters. The van der Waals surface area contributed by atoms with E-state index in [1.165, 1.54) is 23.6 Å². The molecule has 0 saturated heterocycles. The second kappa shape index (κ2) is 10.5. The molecule has 0 fully saturated rings. The molecule has 0 aliphatic heterocycles. The van der Waals surface area contributed by atoms with Gasteiger partial charge in [-0.2, -0.15) is 5.26 Å². The van der Waals surface area contributed by atoms with Crippen molar-refractivity contribution in [2.24, 2.45) is 0 Å². The van der Waals surface area contributed by atoms with E-state index in [2.05, 4.69) is 37.0 Å². The van der Waals surface area contributed by atoms with Crippen molar-refractivity contribution in [2.75, 3.05) is 10.6 Å². The molecule has 8 nitrogen and oxygen atoms in total. The molecule has 1 atom stereocenters. The minimum absolute atomic E-state index is 0.0375. The summed E-state index contributed by atoms with van der Waals surface area (Å²) in [5.74, 6) is -0.627. The highest BCUT2D eigenvalue weighted by Gasteiger charge is 2.24. The minimum atomic E-state index is -0.627. The molecule has 3 aromatic heterocycles. The van der Waals surface area contributed by atoms with Crippen LogP contribution in [0.2, 0.25) is 10.0 Å². The Labute approximate surface area is 232 Å². The van der Waals surface area contributed by atoms with E-state index in [9.17, 15) is 9.65 Å². The van der Waals surface area contributed by atoms with Gasteiger partial charge in [-0.05, 0) is 45.0 Å². The second-order valence-corrected chi connectivity index (χ2v) is 10.5. The zero-order valence-corrected chi connectivity index (χ0v) is 22.8. The predicted molar refractivity (Wildman–Crippen MR) is 149 cm³/mol. The van der Waals surface area contributed by atoms with Crippen LogP contribution in [-0.4, -0.2) is 25.0 Å². The third kappa shape index (κ3) is 4.88. The SMILES string of the molecule is Cc1ncsc1[C@H](Nc1cc(Cl)c2ncc(C#N)c(Nc3cccc(Cl)c3F)c2c1)c1cn(C(C)C)nn1. The molecule has 0 radical (unpaired) electrons. The Kier molecular flexibility index (Phi) is 7.17. The Hall–Kier alpha value is -3.78. The average Bonchev–Trinajstić information content (AvgIpc) is 3.55. The maximum absolute atomic E-state index is 14.7. The molecule has 0 amide bonds. The lowest BCUT2D eigenvalue weighted by molar-refractivity contribution is 0.514. The number of anilines is 3. The molecule has 3 heterocycles. The topological polar surface area (TPSA) is 104 Å². The van der Waals surface area contributed by atoms with Gasteiger partial charge in [0.1, 0.15) is 17.8 Å². The quantitative estimate of drug-likeness (QED) is 0.211. The zero-order chi connectivity index (χ0) is 27.0. The van der Waals surface area contributed by atoms with Gasteiger partial charge in [-0.15, -0.1) is 16.4 Å². The number of aromatic nitrogens is 5. The van der Waals surface area contributed by atoms with Crippen LogP contribution >= 0.6 is 34.5 Å². The summed E-state index contributed by atoms with van der Waals surface area (Å²) in [5.41, 5.74) is 5.17. The number of benzene rings is 2. The Morgan fingerprint density at radius 1 is 1.16 bits per heavy atom. The molecule has 0 aliphatic carbocycles. The summed E-state index contributed by atoms with van der Waals surface area (Å²) in [5, 5.41) is 25.9. The highest BCUT2D eigenvalue weighted by atomic mass is 35.5. The van der Waals surface area contributed by atoms with Crippen molar-refractivity contribution in [3.8, 4) is 6.07 Å². The summed E-state index contributed by atoms with van der Waals surface area (Å²) >= 11 is 14.2. The third-order valence-electron chi connectivity index (χ3n) is 5.97. The largest absolute Gasteiger partial charge is 0.372 e. The first-order valence-corrected chi connectivity index (χ1v) is 13.2. The Bertz CT molecular complexity index is 1690. The molecule has 192 valence electrons. The number of thiazole rings is 1. The summed E-state index contributed by atoms with van der Waals surface area (Å²) in [6.45, 7) is 5.99. The van der Waals surface area contributed by atoms with E-state index in [0.717, 1.165) is 10.6 Å². The zero-order valence-electron chi connectivity index (χ0n) is 20.5. The fourth-order valence-corrected chi connectivity index (χ4v) is 5.31. The summed E-state index contributed by atoms with van der Waals surface area (Å²) in [6.07, 6.45) is 3.30. The van der Waals surface area contributed by atoms with E-state index in [-0.39, 0.29) is 28.4 Å². The van der Waals surface area contributed by atoms with Crippen LogP contribution in [0, 0.1) is 24.1 Å². The lowest BCUT2D eigenvalue weighted by atomic mass is 10.1. The molecule has 0 aliphatic rings. The monoisotopic (exact) mass is 566 g/mol. The van der Waals surface area contributed by atoms with Gasteiger partial charge >= 0.3 is 0 Å². The molecule has 0 saturated carbocycles. The number of nitrogens with one attached hydrogen (secondary N) is 2. The lowest BCUT2D eigenvalue weighted by Gasteiger charge is -2.19. The van der Waals surface area contributed by atoms with E-state index in [1.54, 1.807) is 28.4 Å². The smallest absolute Gasteiger partial charge is 0.165 e. The molecular weight excluding hydrogens is 546 g/mol. The number of nitriles is 1. The van der Waals surface area contributed by atoms with Crippen LogP contribution in [0.3, 0.4) is 0 Å². The van der Waals surface area contributed by atoms with E-state index in [1.807, 2.05) is 33.0 Å².